The Hall–Kier alpha value is -1.22. The molecule has 1 fully saturated rings. The summed E-state index contributed by atoms with van der Waals surface area (Å²) < 4.78 is 11.0. The van der Waals surface area contributed by atoms with E-state index >= 15 is 0 Å². The lowest BCUT2D eigenvalue weighted by atomic mass is 9.84. The van der Waals surface area contributed by atoms with Gasteiger partial charge in [-0.3, -0.25) is 0 Å². The first-order valence-electron chi connectivity index (χ1n) is 6.71. The zero-order valence-corrected chi connectivity index (χ0v) is 11.1. The summed E-state index contributed by atoms with van der Waals surface area (Å²) in [6, 6.07) is 7.53. The maximum atomic E-state index is 9.99. The predicted octanol–water partition coefficient (Wildman–Crippen LogP) is 3.01. The van der Waals surface area contributed by atoms with Crippen LogP contribution >= 0.6 is 0 Å². The zero-order valence-electron chi connectivity index (χ0n) is 11.1. The third kappa shape index (κ3) is 3.16. The summed E-state index contributed by atoms with van der Waals surface area (Å²) in [6.07, 6.45) is 3.66. The number of benzene rings is 1. The van der Waals surface area contributed by atoms with E-state index in [1.54, 1.807) is 7.11 Å². The number of hydrogen-bond donors (Lipinski definition) is 1. The van der Waals surface area contributed by atoms with Crippen LogP contribution in [-0.4, -0.2) is 24.4 Å². The molecular weight excluding hydrogens is 228 g/mol. The predicted molar refractivity (Wildman–Crippen MR) is 71.0 cm³/mol. The molecule has 2 rings (SSSR count). The summed E-state index contributed by atoms with van der Waals surface area (Å²) in [6.45, 7) is 2.20. The average Bonchev–Trinajstić information content (AvgIpc) is 2.42. The summed E-state index contributed by atoms with van der Waals surface area (Å²) in [4.78, 5) is 0. The monoisotopic (exact) mass is 250 g/mol. The molecule has 0 saturated heterocycles. The van der Waals surface area contributed by atoms with Gasteiger partial charge >= 0.3 is 0 Å². The highest BCUT2D eigenvalue weighted by atomic mass is 16.5. The van der Waals surface area contributed by atoms with Crippen molar-refractivity contribution in [3.8, 4) is 11.5 Å². The normalized spacial score (nSPS) is 27.8. The molecule has 3 unspecified atom stereocenters. The van der Waals surface area contributed by atoms with Crippen molar-refractivity contribution in [1.82, 2.24) is 0 Å². The molecule has 0 bridgehead atoms. The fourth-order valence-corrected chi connectivity index (χ4v) is 2.52. The highest BCUT2D eigenvalue weighted by Crippen LogP contribution is 2.30. The van der Waals surface area contributed by atoms with E-state index in [1.165, 1.54) is 0 Å². The van der Waals surface area contributed by atoms with Crippen LogP contribution in [0.2, 0.25) is 0 Å². The molecule has 0 aromatic heterocycles. The van der Waals surface area contributed by atoms with Gasteiger partial charge in [-0.1, -0.05) is 13.3 Å². The third-order valence-corrected chi connectivity index (χ3v) is 3.79. The quantitative estimate of drug-likeness (QED) is 0.892. The number of rotatable bonds is 4. The second-order valence-electron chi connectivity index (χ2n) is 4.99. The van der Waals surface area contributed by atoms with Gasteiger partial charge in [0.2, 0.25) is 0 Å². The Labute approximate surface area is 109 Å². The Morgan fingerprint density at radius 1 is 1.17 bits per heavy atom. The van der Waals surface area contributed by atoms with Crippen molar-refractivity contribution in [2.45, 2.75) is 44.8 Å². The molecule has 0 amide bonds. The van der Waals surface area contributed by atoms with E-state index in [4.69, 9.17) is 9.47 Å². The fraction of sp³-hybridized carbons (Fsp3) is 0.600. The van der Waals surface area contributed by atoms with E-state index in [0.29, 0.717) is 5.92 Å². The van der Waals surface area contributed by atoms with Gasteiger partial charge in [0.05, 0.1) is 13.2 Å². The van der Waals surface area contributed by atoms with E-state index in [0.717, 1.165) is 37.2 Å². The minimum absolute atomic E-state index is 0.0721. The molecule has 18 heavy (non-hydrogen) atoms. The molecule has 0 heterocycles. The molecule has 3 nitrogen and oxygen atoms in total. The van der Waals surface area contributed by atoms with Gasteiger partial charge in [-0.05, 0) is 49.4 Å². The number of aliphatic hydroxyl groups is 1. The third-order valence-electron chi connectivity index (χ3n) is 3.79. The molecule has 3 heteroatoms. The molecule has 0 aliphatic heterocycles. The van der Waals surface area contributed by atoms with Crippen molar-refractivity contribution < 1.29 is 14.6 Å². The van der Waals surface area contributed by atoms with Crippen molar-refractivity contribution in [1.29, 1.82) is 0 Å². The van der Waals surface area contributed by atoms with Crippen molar-refractivity contribution in [2.75, 3.05) is 7.11 Å². The number of aliphatic hydroxyl groups excluding tert-OH is 1. The minimum atomic E-state index is -0.338. The first-order chi connectivity index (χ1) is 8.72. The first-order valence-corrected chi connectivity index (χ1v) is 6.71. The van der Waals surface area contributed by atoms with E-state index < -0.39 is 0 Å². The second kappa shape index (κ2) is 6.10. The van der Waals surface area contributed by atoms with Gasteiger partial charge in [-0.25, -0.2) is 0 Å². The Morgan fingerprint density at radius 2 is 1.83 bits per heavy atom. The molecule has 1 aromatic carbocycles. The van der Waals surface area contributed by atoms with Crippen LogP contribution in [0.4, 0.5) is 0 Å². The molecule has 1 aliphatic carbocycles. The van der Waals surface area contributed by atoms with Gasteiger partial charge in [-0.2, -0.15) is 0 Å². The largest absolute Gasteiger partial charge is 0.497 e. The van der Waals surface area contributed by atoms with Gasteiger partial charge in [0.1, 0.15) is 17.6 Å². The van der Waals surface area contributed by atoms with Gasteiger partial charge in [0.15, 0.2) is 0 Å². The van der Waals surface area contributed by atoms with E-state index in [9.17, 15) is 5.11 Å². The van der Waals surface area contributed by atoms with Crippen LogP contribution in [0.15, 0.2) is 24.3 Å². The van der Waals surface area contributed by atoms with Gasteiger partial charge in [-0.15, -0.1) is 0 Å². The van der Waals surface area contributed by atoms with Crippen LogP contribution in [0.1, 0.15) is 32.6 Å². The smallest absolute Gasteiger partial charge is 0.125 e. The first kappa shape index (κ1) is 13.2. The van der Waals surface area contributed by atoms with Crippen LogP contribution in [0.3, 0.4) is 0 Å². The van der Waals surface area contributed by atoms with Crippen molar-refractivity contribution >= 4 is 0 Å². The van der Waals surface area contributed by atoms with Gasteiger partial charge in [0.25, 0.3) is 0 Å². The summed E-state index contributed by atoms with van der Waals surface area (Å²) in [5.41, 5.74) is 0. The minimum Gasteiger partial charge on any atom is -0.497 e. The van der Waals surface area contributed by atoms with Crippen LogP contribution in [0, 0.1) is 5.92 Å². The number of methoxy groups -OCH3 is 1. The molecular formula is C15H22O3. The summed E-state index contributed by atoms with van der Waals surface area (Å²) in [5.74, 6) is 2.30. The molecule has 0 radical (unpaired) electrons. The van der Waals surface area contributed by atoms with Gasteiger partial charge in [0, 0.05) is 0 Å². The highest BCUT2D eigenvalue weighted by molar-refractivity contribution is 5.31. The molecule has 1 aliphatic rings. The Balaban J connectivity index is 1.97. The van der Waals surface area contributed by atoms with E-state index in [2.05, 4.69) is 6.92 Å². The average molecular weight is 250 g/mol. The lowest BCUT2D eigenvalue weighted by Crippen LogP contribution is -2.38. The van der Waals surface area contributed by atoms with Crippen molar-refractivity contribution in [3.63, 3.8) is 0 Å². The summed E-state index contributed by atoms with van der Waals surface area (Å²) >= 11 is 0. The summed E-state index contributed by atoms with van der Waals surface area (Å²) in [5, 5.41) is 9.99. The lowest BCUT2D eigenvalue weighted by molar-refractivity contribution is -0.0109. The topological polar surface area (TPSA) is 38.7 Å². The second-order valence-corrected chi connectivity index (χ2v) is 4.99. The van der Waals surface area contributed by atoms with E-state index in [1.807, 2.05) is 24.3 Å². The maximum Gasteiger partial charge on any atom is 0.125 e. The van der Waals surface area contributed by atoms with Crippen LogP contribution in [-0.2, 0) is 0 Å². The molecule has 3 atom stereocenters. The van der Waals surface area contributed by atoms with Crippen molar-refractivity contribution in [2.24, 2.45) is 5.92 Å². The number of hydrogen-bond acceptors (Lipinski definition) is 3. The molecule has 100 valence electrons. The molecule has 1 saturated carbocycles. The zero-order chi connectivity index (χ0) is 13.0. The van der Waals surface area contributed by atoms with Crippen LogP contribution in [0.25, 0.3) is 0 Å². The molecule has 1 N–H and O–H groups in total. The van der Waals surface area contributed by atoms with Crippen molar-refractivity contribution in [3.05, 3.63) is 24.3 Å². The van der Waals surface area contributed by atoms with Crippen LogP contribution in [0.5, 0.6) is 11.5 Å². The summed E-state index contributed by atoms with van der Waals surface area (Å²) in [7, 11) is 1.65. The Kier molecular flexibility index (Phi) is 4.48. The molecule has 1 aromatic rings. The Morgan fingerprint density at radius 3 is 2.44 bits per heavy atom. The SMILES string of the molecule is CCC1CCC(O)C(Oc2ccc(OC)cc2)C1. The van der Waals surface area contributed by atoms with Gasteiger partial charge < -0.3 is 14.6 Å². The standard InChI is InChI=1S/C15H22O3/c1-3-11-4-9-14(16)15(10-11)18-13-7-5-12(17-2)6-8-13/h5-8,11,14-16H,3-4,9-10H2,1-2H3. The highest BCUT2D eigenvalue weighted by Gasteiger charge is 2.29. The number of ether oxygens (including phenoxy) is 2. The Bertz CT molecular complexity index is 361. The lowest BCUT2D eigenvalue weighted by Gasteiger charge is -2.33. The van der Waals surface area contributed by atoms with E-state index in [-0.39, 0.29) is 12.2 Å². The van der Waals surface area contributed by atoms with Crippen LogP contribution < -0.4 is 9.47 Å². The maximum absolute atomic E-state index is 9.99. The molecule has 0 spiro atoms. The fourth-order valence-electron chi connectivity index (χ4n) is 2.52.